The van der Waals surface area contributed by atoms with E-state index in [4.69, 9.17) is 16.0 Å². The number of aromatic nitrogens is 1. The number of nitrogens with zero attached hydrogens (tertiary/aromatic N) is 1. The van der Waals surface area contributed by atoms with Crippen molar-refractivity contribution in [2.75, 3.05) is 0 Å². The predicted molar refractivity (Wildman–Crippen MR) is 99.1 cm³/mol. The maximum atomic E-state index is 12.8. The van der Waals surface area contributed by atoms with Crippen molar-refractivity contribution in [1.82, 2.24) is 4.98 Å². The summed E-state index contributed by atoms with van der Waals surface area (Å²) in [6.07, 6.45) is 1.33. The van der Waals surface area contributed by atoms with Crippen molar-refractivity contribution < 1.29 is 14.3 Å². The van der Waals surface area contributed by atoms with Gasteiger partial charge in [0.1, 0.15) is 11.3 Å². The molecule has 0 unspecified atom stereocenters. The smallest absolute Gasteiger partial charge is 0.230 e. The minimum Gasteiger partial charge on any atom is -0.507 e. The van der Waals surface area contributed by atoms with Crippen LogP contribution in [-0.4, -0.2) is 15.9 Å². The average Bonchev–Trinajstić information content (AvgIpc) is 2.64. The summed E-state index contributed by atoms with van der Waals surface area (Å²) in [5, 5.41) is 10.9. The zero-order valence-corrected chi connectivity index (χ0v) is 14.4. The van der Waals surface area contributed by atoms with Crippen molar-refractivity contribution in [2.24, 2.45) is 0 Å². The number of hydrogen-bond donors (Lipinski definition) is 1. The monoisotopic (exact) mass is 365 g/mol. The third kappa shape index (κ3) is 2.62. The van der Waals surface area contributed by atoms with Gasteiger partial charge in [0.05, 0.1) is 16.3 Å². The number of fused-ring (bicyclic) bond motifs is 2. The number of rotatable bonds is 2. The van der Waals surface area contributed by atoms with E-state index in [0.29, 0.717) is 16.0 Å². The molecule has 0 radical (unpaired) electrons. The molecule has 0 aliphatic rings. The minimum absolute atomic E-state index is 0.127. The molecule has 0 fully saturated rings. The summed E-state index contributed by atoms with van der Waals surface area (Å²) in [5.41, 5.74) is 1.36. The Hall–Kier alpha value is -3.18. The van der Waals surface area contributed by atoms with Crippen molar-refractivity contribution in [1.29, 1.82) is 0 Å². The Bertz CT molecular complexity index is 1260. The number of ketones is 1. The van der Waals surface area contributed by atoms with Gasteiger partial charge in [-0.3, -0.25) is 9.59 Å². The van der Waals surface area contributed by atoms with Crippen LogP contribution < -0.4 is 5.43 Å². The number of halogens is 1. The zero-order chi connectivity index (χ0) is 18.4. The molecule has 4 aromatic rings. The third-order valence-corrected chi connectivity index (χ3v) is 4.38. The van der Waals surface area contributed by atoms with Crippen LogP contribution in [0.15, 0.2) is 57.9 Å². The van der Waals surface area contributed by atoms with E-state index < -0.39 is 5.78 Å². The molecular weight excluding hydrogens is 354 g/mol. The average molecular weight is 366 g/mol. The number of aryl methyl sites for hydroxylation is 1. The molecule has 0 aliphatic heterocycles. The molecule has 26 heavy (non-hydrogen) atoms. The second-order valence-corrected chi connectivity index (χ2v) is 6.43. The van der Waals surface area contributed by atoms with Gasteiger partial charge < -0.3 is 9.52 Å². The Kier molecular flexibility index (Phi) is 3.74. The minimum atomic E-state index is -0.425. The lowest BCUT2D eigenvalue weighted by Crippen LogP contribution is -2.07. The lowest BCUT2D eigenvalue weighted by Gasteiger charge is -2.06. The fourth-order valence-corrected chi connectivity index (χ4v) is 3.00. The van der Waals surface area contributed by atoms with Crippen LogP contribution in [0.3, 0.4) is 0 Å². The fraction of sp³-hybridized carbons (Fsp3) is 0.0500. The highest BCUT2D eigenvalue weighted by atomic mass is 35.5. The number of carbonyl (C=O) groups is 1. The van der Waals surface area contributed by atoms with E-state index in [9.17, 15) is 14.7 Å². The molecule has 0 saturated carbocycles. The van der Waals surface area contributed by atoms with Crippen LogP contribution in [0.25, 0.3) is 22.1 Å². The van der Waals surface area contributed by atoms with Gasteiger partial charge in [-0.25, -0.2) is 4.98 Å². The standard InChI is InChI=1S/C20H12ClNO4/c1-10-2-4-16(23)13(6-10)18(24)11-7-15-19(25)14-8-12(21)3-5-17(14)26-20(15)22-9-11/h2-9,23H,1H3. The Balaban J connectivity index is 1.93. The lowest BCUT2D eigenvalue weighted by molar-refractivity contribution is 0.103. The lowest BCUT2D eigenvalue weighted by atomic mass is 10.0. The van der Waals surface area contributed by atoms with Crippen molar-refractivity contribution >= 4 is 39.5 Å². The molecule has 4 rings (SSSR count). The summed E-state index contributed by atoms with van der Waals surface area (Å²) in [5.74, 6) is -0.552. The van der Waals surface area contributed by atoms with Crippen molar-refractivity contribution in [3.8, 4) is 5.75 Å². The molecular formula is C20H12ClNO4. The van der Waals surface area contributed by atoms with E-state index in [1.165, 1.54) is 24.4 Å². The van der Waals surface area contributed by atoms with Crippen LogP contribution in [0, 0.1) is 6.92 Å². The quantitative estimate of drug-likeness (QED) is 0.424. The number of pyridine rings is 1. The van der Waals surface area contributed by atoms with Crippen molar-refractivity contribution in [2.45, 2.75) is 6.92 Å². The van der Waals surface area contributed by atoms with E-state index in [0.717, 1.165) is 5.56 Å². The first-order chi connectivity index (χ1) is 12.4. The molecule has 0 atom stereocenters. The first kappa shape index (κ1) is 16.3. The topological polar surface area (TPSA) is 80.4 Å². The molecule has 5 nitrogen and oxygen atoms in total. The van der Waals surface area contributed by atoms with Gasteiger partial charge in [-0.2, -0.15) is 0 Å². The molecule has 0 bridgehead atoms. The van der Waals surface area contributed by atoms with E-state index >= 15 is 0 Å². The highest BCUT2D eigenvalue weighted by Crippen LogP contribution is 2.24. The summed E-state index contributed by atoms with van der Waals surface area (Å²) in [6.45, 7) is 1.82. The maximum absolute atomic E-state index is 12.8. The SMILES string of the molecule is Cc1ccc(O)c(C(=O)c2cnc3oc4ccc(Cl)cc4c(=O)c3c2)c1. The van der Waals surface area contributed by atoms with Crippen LogP contribution in [-0.2, 0) is 0 Å². The summed E-state index contributed by atoms with van der Waals surface area (Å²) in [6, 6.07) is 10.9. The number of carbonyl (C=O) groups excluding carboxylic acids is 1. The molecule has 2 aromatic heterocycles. The van der Waals surface area contributed by atoms with Crippen LogP contribution in [0.2, 0.25) is 5.02 Å². The molecule has 0 saturated heterocycles. The molecule has 0 spiro atoms. The summed E-state index contributed by atoms with van der Waals surface area (Å²) >= 11 is 5.96. The molecule has 128 valence electrons. The Morgan fingerprint density at radius 3 is 2.73 bits per heavy atom. The number of phenolic OH excluding ortho intramolecular Hbond substituents is 1. The highest BCUT2D eigenvalue weighted by Gasteiger charge is 2.17. The predicted octanol–water partition coefficient (Wildman–Crippen LogP) is 4.24. The second-order valence-electron chi connectivity index (χ2n) is 6.00. The zero-order valence-electron chi connectivity index (χ0n) is 13.6. The second kappa shape index (κ2) is 5.97. The number of phenols is 1. The van der Waals surface area contributed by atoms with E-state index in [1.807, 2.05) is 6.92 Å². The molecule has 0 aliphatic carbocycles. The fourth-order valence-electron chi connectivity index (χ4n) is 2.83. The van der Waals surface area contributed by atoms with Gasteiger partial charge in [-0.05, 0) is 43.3 Å². The first-order valence-corrected chi connectivity index (χ1v) is 8.18. The van der Waals surface area contributed by atoms with Crippen LogP contribution in [0.4, 0.5) is 0 Å². The summed E-state index contributed by atoms with van der Waals surface area (Å²) in [4.78, 5) is 29.6. The van der Waals surface area contributed by atoms with Gasteiger partial charge in [0.25, 0.3) is 0 Å². The largest absolute Gasteiger partial charge is 0.507 e. The van der Waals surface area contributed by atoms with E-state index in [2.05, 4.69) is 4.98 Å². The summed E-state index contributed by atoms with van der Waals surface area (Å²) < 4.78 is 5.63. The Morgan fingerprint density at radius 1 is 1.12 bits per heavy atom. The van der Waals surface area contributed by atoms with Gasteiger partial charge in [-0.15, -0.1) is 0 Å². The molecule has 2 heterocycles. The van der Waals surface area contributed by atoms with Crippen molar-refractivity contribution in [3.05, 3.63) is 80.6 Å². The van der Waals surface area contributed by atoms with Crippen LogP contribution >= 0.6 is 11.6 Å². The molecule has 0 amide bonds. The maximum Gasteiger partial charge on any atom is 0.230 e. The van der Waals surface area contributed by atoms with E-state index in [-0.39, 0.29) is 33.4 Å². The van der Waals surface area contributed by atoms with E-state index in [1.54, 1.807) is 24.3 Å². The van der Waals surface area contributed by atoms with Gasteiger partial charge in [0.2, 0.25) is 11.1 Å². The number of hydrogen-bond acceptors (Lipinski definition) is 5. The van der Waals surface area contributed by atoms with Gasteiger partial charge >= 0.3 is 0 Å². The molecule has 2 aromatic carbocycles. The highest BCUT2D eigenvalue weighted by molar-refractivity contribution is 6.31. The number of benzene rings is 2. The van der Waals surface area contributed by atoms with Crippen LogP contribution in [0.1, 0.15) is 21.5 Å². The normalized spacial score (nSPS) is 11.2. The van der Waals surface area contributed by atoms with Crippen molar-refractivity contribution in [3.63, 3.8) is 0 Å². The van der Waals surface area contributed by atoms with Gasteiger partial charge in [0, 0.05) is 16.8 Å². The molecule has 6 heteroatoms. The first-order valence-electron chi connectivity index (χ1n) is 7.80. The third-order valence-electron chi connectivity index (χ3n) is 4.15. The van der Waals surface area contributed by atoms with Gasteiger partial charge in [0.15, 0.2) is 5.78 Å². The van der Waals surface area contributed by atoms with Gasteiger partial charge in [-0.1, -0.05) is 23.2 Å². The molecule has 1 N–H and O–H groups in total. The number of aromatic hydroxyl groups is 1. The van der Waals surface area contributed by atoms with Crippen LogP contribution in [0.5, 0.6) is 5.75 Å². The summed E-state index contributed by atoms with van der Waals surface area (Å²) in [7, 11) is 0. The Labute approximate surface area is 152 Å². The Morgan fingerprint density at radius 2 is 1.92 bits per heavy atom.